The number of carbonyl (C=O) groups excluding carboxylic acids is 2. The van der Waals surface area contributed by atoms with E-state index in [2.05, 4.69) is 10.6 Å². The highest BCUT2D eigenvalue weighted by molar-refractivity contribution is 6.13. The molecular formula is C10H9N3O2. The van der Waals surface area contributed by atoms with Crippen molar-refractivity contribution < 1.29 is 9.59 Å². The van der Waals surface area contributed by atoms with Crippen molar-refractivity contribution in [2.45, 2.75) is 0 Å². The highest BCUT2D eigenvalue weighted by atomic mass is 16.2. The average molecular weight is 203 g/mol. The van der Waals surface area contributed by atoms with Crippen LogP contribution in [0.15, 0.2) is 30.0 Å². The Balaban J connectivity index is 2.31. The molecule has 0 aliphatic carbocycles. The lowest BCUT2D eigenvalue weighted by Gasteiger charge is -1.97. The second-order valence-electron chi connectivity index (χ2n) is 3.14. The van der Waals surface area contributed by atoms with Gasteiger partial charge in [0.25, 0.3) is 5.91 Å². The van der Waals surface area contributed by atoms with Crippen LogP contribution in [0.1, 0.15) is 5.56 Å². The third-order valence-electron chi connectivity index (χ3n) is 1.94. The minimum absolute atomic E-state index is 0.227. The zero-order valence-corrected chi connectivity index (χ0v) is 7.78. The van der Waals surface area contributed by atoms with Gasteiger partial charge in [-0.25, -0.2) is 4.79 Å². The number of nitrogens with two attached hydrogens (primary N) is 1. The van der Waals surface area contributed by atoms with Crippen LogP contribution in [-0.4, -0.2) is 11.9 Å². The van der Waals surface area contributed by atoms with E-state index < -0.39 is 11.9 Å². The van der Waals surface area contributed by atoms with Gasteiger partial charge in [0.15, 0.2) is 0 Å². The molecule has 1 aliphatic heterocycles. The first kappa shape index (κ1) is 9.26. The number of hydrogen-bond donors (Lipinski definition) is 3. The van der Waals surface area contributed by atoms with Crippen LogP contribution in [-0.2, 0) is 4.79 Å². The maximum absolute atomic E-state index is 11.2. The van der Waals surface area contributed by atoms with Gasteiger partial charge in [-0.3, -0.25) is 10.1 Å². The molecule has 0 saturated carbocycles. The third kappa shape index (κ3) is 1.96. The number of anilines is 1. The van der Waals surface area contributed by atoms with Gasteiger partial charge in [0, 0.05) is 5.69 Å². The molecule has 1 aromatic rings. The molecule has 0 aromatic heterocycles. The molecule has 5 nitrogen and oxygen atoms in total. The Labute approximate surface area is 86.0 Å². The molecule has 2 rings (SSSR count). The fourth-order valence-corrected chi connectivity index (χ4v) is 1.30. The maximum Gasteiger partial charge on any atom is 0.326 e. The number of carbonyl (C=O) groups is 2. The summed E-state index contributed by atoms with van der Waals surface area (Å²) in [6, 6.07) is 6.52. The molecule has 0 atom stereocenters. The van der Waals surface area contributed by atoms with Gasteiger partial charge in [0.05, 0.1) is 0 Å². The molecule has 3 amide bonds. The quantitative estimate of drug-likeness (QED) is 0.352. The lowest BCUT2D eigenvalue weighted by molar-refractivity contribution is -0.115. The van der Waals surface area contributed by atoms with E-state index in [0.717, 1.165) is 5.56 Å². The van der Waals surface area contributed by atoms with Crippen molar-refractivity contribution in [3.63, 3.8) is 0 Å². The van der Waals surface area contributed by atoms with Crippen LogP contribution in [0.25, 0.3) is 6.08 Å². The predicted molar refractivity (Wildman–Crippen MR) is 55.5 cm³/mol. The molecule has 0 radical (unpaired) electrons. The summed E-state index contributed by atoms with van der Waals surface area (Å²) in [7, 11) is 0. The molecule has 0 spiro atoms. The summed E-state index contributed by atoms with van der Waals surface area (Å²) >= 11 is 0. The van der Waals surface area contributed by atoms with Crippen molar-refractivity contribution >= 4 is 23.7 Å². The van der Waals surface area contributed by atoms with E-state index in [-0.39, 0.29) is 5.70 Å². The van der Waals surface area contributed by atoms with Crippen molar-refractivity contribution in [2.24, 2.45) is 0 Å². The molecule has 1 aliphatic rings. The fourth-order valence-electron chi connectivity index (χ4n) is 1.30. The number of nitrogen functional groups attached to an aromatic ring is 1. The van der Waals surface area contributed by atoms with Gasteiger partial charge >= 0.3 is 6.03 Å². The lowest BCUT2D eigenvalue weighted by Crippen LogP contribution is -2.22. The largest absolute Gasteiger partial charge is 0.399 e. The number of imide groups is 1. The smallest absolute Gasteiger partial charge is 0.326 e. The van der Waals surface area contributed by atoms with Crippen LogP contribution in [0, 0.1) is 0 Å². The number of urea groups is 1. The SMILES string of the molecule is Nc1cccc(C=C2NC(=O)NC2=O)c1. The number of hydrogen-bond acceptors (Lipinski definition) is 3. The van der Waals surface area contributed by atoms with E-state index >= 15 is 0 Å². The summed E-state index contributed by atoms with van der Waals surface area (Å²) in [6.45, 7) is 0. The van der Waals surface area contributed by atoms with Crippen molar-refractivity contribution in [3.05, 3.63) is 35.5 Å². The summed E-state index contributed by atoms with van der Waals surface area (Å²) in [5.41, 5.74) is 7.18. The average Bonchev–Trinajstić information content (AvgIpc) is 2.45. The van der Waals surface area contributed by atoms with E-state index in [0.29, 0.717) is 5.69 Å². The molecule has 1 saturated heterocycles. The Kier molecular flexibility index (Phi) is 2.13. The summed E-state index contributed by atoms with van der Waals surface area (Å²) in [5, 5.41) is 4.51. The molecule has 0 unspecified atom stereocenters. The minimum atomic E-state index is -0.504. The first-order valence-corrected chi connectivity index (χ1v) is 4.35. The first-order chi connectivity index (χ1) is 7.15. The second-order valence-corrected chi connectivity index (χ2v) is 3.14. The Morgan fingerprint density at radius 2 is 2.00 bits per heavy atom. The minimum Gasteiger partial charge on any atom is -0.399 e. The van der Waals surface area contributed by atoms with E-state index in [1.54, 1.807) is 30.3 Å². The molecule has 1 fully saturated rings. The van der Waals surface area contributed by atoms with E-state index in [9.17, 15) is 9.59 Å². The first-order valence-electron chi connectivity index (χ1n) is 4.35. The van der Waals surface area contributed by atoms with Gasteiger partial charge in [-0.2, -0.15) is 0 Å². The van der Waals surface area contributed by atoms with Crippen molar-refractivity contribution in [2.75, 3.05) is 5.73 Å². The molecule has 0 bridgehead atoms. The predicted octanol–water partition coefficient (Wildman–Crippen LogP) is 0.449. The molecule has 5 heteroatoms. The van der Waals surface area contributed by atoms with E-state index in [1.807, 2.05) is 0 Å². The highest BCUT2D eigenvalue weighted by Gasteiger charge is 2.22. The van der Waals surface area contributed by atoms with Crippen LogP contribution < -0.4 is 16.4 Å². The molecule has 1 heterocycles. The van der Waals surface area contributed by atoms with Crippen LogP contribution in [0.4, 0.5) is 10.5 Å². The van der Waals surface area contributed by atoms with Gasteiger partial charge in [-0.05, 0) is 23.8 Å². The van der Waals surface area contributed by atoms with Crippen molar-refractivity contribution in [3.8, 4) is 0 Å². The van der Waals surface area contributed by atoms with Gasteiger partial charge in [0.1, 0.15) is 5.70 Å². The monoisotopic (exact) mass is 203 g/mol. The number of rotatable bonds is 1. The maximum atomic E-state index is 11.2. The Morgan fingerprint density at radius 1 is 1.20 bits per heavy atom. The molecule has 4 N–H and O–H groups in total. The van der Waals surface area contributed by atoms with Crippen LogP contribution in [0.2, 0.25) is 0 Å². The standard InChI is InChI=1S/C10H9N3O2/c11-7-3-1-2-6(4-7)5-8-9(14)13-10(15)12-8/h1-5H,11H2,(H2,12,13,14,15). The third-order valence-corrected chi connectivity index (χ3v) is 1.94. The topological polar surface area (TPSA) is 84.2 Å². The normalized spacial score (nSPS) is 17.7. The van der Waals surface area contributed by atoms with Crippen molar-refractivity contribution in [1.29, 1.82) is 0 Å². The zero-order valence-electron chi connectivity index (χ0n) is 7.78. The van der Waals surface area contributed by atoms with Crippen LogP contribution in [0.5, 0.6) is 0 Å². The van der Waals surface area contributed by atoms with Gasteiger partial charge in [0.2, 0.25) is 0 Å². The fraction of sp³-hybridized carbons (Fsp3) is 0. The van der Waals surface area contributed by atoms with Crippen molar-refractivity contribution in [1.82, 2.24) is 10.6 Å². The van der Waals surface area contributed by atoms with Gasteiger partial charge in [-0.15, -0.1) is 0 Å². The summed E-state index contributed by atoms with van der Waals surface area (Å²) < 4.78 is 0. The molecule has 1 aromatic carbocycles. The van der Waals surface area contributed by atoms with Gasteiger partial charge < -0.3 is 11.1 Å². The molecule has 76 valence electrons. The Morgan fingerprint density at radius 3 is 2.60 bits per heavy atom. The van der Waals surface area contributed by atoms with Gasteiger partial charge in [-0.1, -0.05) is 12.1 Å². The summed E-state index contributed by atoms with van der Waals surface area (Å²) in [6.07, 6.45) is 1.57. The highest BCUT2D eigenvalue weighted by Crippen LogP contribution is 2.11. The lowest BCUT2D eigenvalue weighted by atomic mass is 10.1. The number of nitrogens with one attached hydrogen (secondary N) is 2. The molecular weight excluding hydrogens is 194 g/mol. The summed E-state index contributed by atoms with van der Waals surface area (Å²) in [5.74, 6) is -0.428. The van der Waals surface area contributed by atoms with E-state index in [1.165, 1.54) is 0 Å². The van der Waals surface area contributed by atoms with Crippen LogP contribution >= 0.6 is 0 Å². The second kappa shape index (κ2) is 3.45. The summed E-state index contributed by atoms with van der Waals surface area (Å²) in [4.78, 5) is 22.0. The van der Waals surface area contributed by atoms with Crippen LogP contribution in [0.3, 0.4) is 0 Å². The number of amides is 3. The Hall–Kier alpha value is -2.30. The Bertz CT molecular complexity index is 465. The number of benzene rings is 1. The molecule has 15 heavy (non-hydrogen) atoms. The van der Waals surface area contributed by atoms with E-state index in [4.69, 9.17) is 5.73 Å². The zero-order chi connectivity index (χ0) is 10.8.